The number of nitrogens with one attached hydrogen (secondary N) is 1. The van der Waals surface area contributed by atoms with Gasteiger partial charge in [-0.3, -0.25) is 0 Å². The van der Waals surface area contributed by atoms with E-state index in [4.69, 9.17) is 4.74 Å². The van der Waals surface area contributed by atoms with Crippen LogP contribution in [-0.4, -0.2) is 30.4 Å². The summed E-state index contributed by atoms with van der Waals surface area (Å²) in [6.45, 7) is 5.02. The first-order valence-electron chi connectivity index (χ1n) is 6.40. The van der Waals surface area contributed by atoms with Crippen molar-refractivity contribution in [3.63, 3.8) is 0 Å². The maximum atomic E-state index is 13.8. The van der Waals surface area contributed by atoms with E-state index in [-0.39, 0.29) is 23.7 Å². The van der Waals surface area contributed by atoms with Crippen LogP contribution in [0.25, 0.3) is 0 Å². The predicted octanol–water partition coefficient (Wildman–Crippen LogP) is 2.05. The van der Waals surface area contributed by atoms with Crippen molar-refractivity contribution in [1.82, 2.24) is 5.32 Å². The third-order valence-corrected chi connectivity index (χ3v) is 3.26. The molecule has 0 amide bonds. The third kappa shape index (κ3) is 3.21. The minimum atomic E-state index is -0.320. The van der Waals surface area contributed by atoms with Gasteiger partial charge in [0.15, 0.2) is 11.6 Å². The van der Waals surface area contributed by atoms with Gasteiger partial charge in [-0.15, -0.1) is 0 Å². The van der Waals surface area contributed by atoms with E-state index in [1.54, 1.807) is 6.07 Å². The lowest BCUT2D eigenvalue weighted by atomic mass is 10.0. The fraction of sp³-hybridized carbons (Fsp3) is 0.571. The molecule has 2 N–H and O–H groups in total. The minimum Gasteiger partial charge on any atom is -0.489 e. The van der Waals surface area contributed by atoms with Gasteiger partial charge in [-0.05, 0) is 30.0 Å². The van der Waals surface area contributed by atoms with Gasteiger partial charge in [0, 0.05) is 12.6 Å². The molecule has 0 radical (unpaired) electrons. The topological polar surface area (TPSA) is 41.5 Å². The van der Waals surface area contributed by atoms with Crippen molar-refractivity contribution in [2.75, 3.05) is 13.2 Å². The van der Waals surface area contributed by atoms with Crippen LogP contribution >= 0.6 is 0 Å². The Balaban J connectivity index is 1.93. The predicted molar refractivity (Wildman–Crippen MR) is 68.4 cm³/mol. The highest BCUT2D eigenvalue weighted by molar-refractivity contribution is 5.30. The Hall–Kier alpha value is -1.13. The largest absolute Gasteiger partial charge is 0.489 e. The Bertz CT molecular complexity index is 409. The van der Waals surface area contributed by atoms with Crippen molar-refractivity contribution in [1.29, 1.82) is 0 Å². The SMILES string of the molecule is CC(C)c1ccc(OCC2C[C@@H](O)CN2)c(F)c1. The molecule has 1 aliphatic heterocycles. The number of aliphatic hydroxyl groups excluding tert-OH is 1. The molecule has 18 heavy (non-hydrogen) atoms. The van der Waals surface area contributed by atoms with E-state index in [9.17, 15) is 9.50 Å². The second-order valence-corrected chi connectivity index (χ2v) is 5.15. The maximum Gasteiger partial charge on any atom is 0.165 e. The Morgan fingerprint density at radius 3 is 2.83 bits per heavy atom. The highest BCUT2D eigenvalue weighted by atomic mass is 19.1. The number of halogens is 1. The van der Waals surface area contributed by atoms with E-state index < -0.39 is 0 Å². The molecule has 3 nitrogen and oxygen atoms in total. The number of benzene rings is 1. The van der Waals surface area contributed by atoms with Crippen molar-refractivity contribution in [2.24, 2.45) is 0 Å². The molecule has 1 fully saturated rings. The van der Waals surface area contributed by atoms with Crippen LogP contribution in [-0.2, 0) is 0 Å². The summed E-state index contributed by atoms with van der Waals surface area (Å²) in [7, 11) is 0. The number of rotatable bonds is 4. The van der Waals surface area contributed by atoms with Crippen LogP contribution < -0.4 is 10.1 Å². The van der Waals surface area contributed by atoms with Gasteiger partial charge < -0.3 is 15.2 Å². The molecule has 0 aromatic heterocycles. The highest BCUT2D eigenvalue weighted by Crippen LogP contribution is 2.23. The summed E-state index contributed by atoms with van der Waals surface area (Å²) < 4.78 is 19.2. The number of hydrogen-bond acceptors (Lipinski definition) is 3. The van der Waals surface area contributed by atoms with Gasteiger partial charge in [-0.2, -0.15) is 0 Å². The standard InChI is InChI=1S/C14H20FNO2/c1-9(2)10-3-4-14(13(15)5-10)18-8-11-6-12(17)7-16-11/h3-5,9,11-12,16-17H,6-8H2,1-2H3/t11?,12-/m1/s1. The van der Waals surface area contributed by atoms with E-state index in [0.29, 0.717) is 25.5 Å². The third-order valence-electron chi connectivity index (χ3n) is 3.26. The Morgan fingerprint density at radius 1 is 1.50 bits per heavy atom. The molecular weight excluding hydrogens is 233 g/mol. The molecule has 0 spiro atoms. The lowest BCUT2D eigenvalue weighted by Gasteiger charge is -2.14. The van der Waals surface area contributed by atoms with Gasteiger partial charge in [-0.1, -0.05) is 19.9 Å². The van der Waals surface area contributed by atoms with Gasteiger partial charge in [0.25, 0.3) is 0 Å². The maximum absolute atomic E-state index is 13.8. The second kappa shape index (κ2) is 5.67. The van der Waals surface area contributed by atoms with E-state index in [0.717, 1.165) is 5.56 Å². The van der Waals surface area contributed by atoms with E-state index in [1.807, 2.05) is 19.9 Å². The van der Waals surface area contributed by atoms with Crippen LogP contribution in [0, 0.1) is 5.82 Å². The zero-order valence-corrected chi connectivity index (χ0v) is 10.8. The first-order valence-corrected chi connectivity index (χ1v) is 6.40. The Labute approximate surface area is 107 Å². The van der Waals surface area contributed by atoms with E-state index in [2.05, 4.69) is 5.32 Å². The summed E-state index contributed by atoms with van der Waals surface area (Å²) in [5, 5.41) is 12.5. The van der Waals surface area contributed by atoms with E-state index in [1.165, 1.54) is 6.07 Å². The summed E-state index contributed by atoms with van der Waals surface area (Å²) in [5.41, 5.74) is 0.967. The van der Waals surface area contributed by atoms with Crippen LogP contribution in [0.5, 0.6) is 5.75 Å². The van der Waals surface area contributed by atoms with Crippen LogP contribution in [0.4, 0.5) is 4.39 Å². The molecule has 2 atom stereocenters. The molecule has 4 heteroatoms. The monoisotopic (exact) mass is 253 g/mol. The summed E-state index contributed by atoms with van der Waals surface area (Å²) in [4.78, 5) is 0. The number of β-amino-alcohol motifs (C(OH)–C–C–N with tert-alkyl or cyclic N) is 1. The smallest absolute Gasteiger partial charge is 0.165 e. The van der Waals surface area contributed by atoms with Crippen molar-refractivity contribution in [2.45, 2.75) is 38.3 Å². The van der Waals surface area contributed by atoms with Gasteiger partial charge in [0.1, 0.15) is 6.61 Å². The molecule has 0 bridgehead atoms. The molecule has 1 aliphatic rings. The molecule has 100 valence electrons. The van der Waals surface area contributed by atoms with Crippen molar-refractivity contribution < 1.29 is 14.2 Å². The van der Waals surface area contributed by atoms with E-state index >= 15 is 0 Å². The van der Waals surface area contributed by atoms with Crippen LogP contribution in [0.15, 0.2) is 18.2 Å². The average Bonchev–Trinajstić information content (AvgIpc) is 2.73. The van der Waals surface area contributed by atoms with Crippen molar-refractivity contribution in [3.8, 4) is 5.75 Å². The summed E-state index contributed by atoms with van der Waals surface area (Å²) >= 11 is 0. The normalized spacial score (nSPS) is 23.6. The van der Waals surface area contributed by atoms with Gasteiger partial charge >= 0.3 is 0 Å². The van der Waals surface area contributed by atoms with Gasteiger partial charge in [0.05, 0.1) is 6.10 Å². The summed E-state index contributed by atoms with van der Waals surface area (Å²) in [6, 6.07) is 5.19. The second-order valence-electron chi connectivity index (χ2n) is 5.15. The fourth-order valence-electron chi connectivity index (χ4n) is 2.11. The summed E-state index contributed by atoms with van der Waals surface area (Å²) in [5.74, 6) is 0.266. The molecule has 1 unspecified atom stereocenters. The molecule has 1 aromatic rings. The number of ether oxygens (including phenoxy) is 1. The molecular formula is C14H20FNO2. The molecule has 1 heterocycles. The zero-order chi connectivity index (χ0) is 13.1. The Morgan fingerprint density at radius 2 is 2.28 bits per heavy atom. The van der Waals surface area contributed by atoms with Crippen LogP contribution in [0.2, 0.25) is 0 Å². The first-order chi connectivity index (χ1) is 8.56. The van der Waals surface area contributed by atoms with Gasteiger partial charge in [0.2, 0.25) is 0 Å². The number of hydrogen-bond donors (Lipinski definition) is 2. The van der Waals surface area contributed by atoms with Crippen LogP contribution in [0.1, 0.15) is 31.7 Å². The van der Waals surface area contributed by atoms with Crippen molar-refractivity contribution >= 4 is 0 Å². The van der Waals surface area contributed by atoms with Crippen LogP contribution in [0.3, 0.4) is 0 Å². The highest BCUT2D eigenvalue weighted by Gasteiger charge is 2.22. The molecule has 1 aromatic carbocycles. The quantitative estimate of drug-likeness (QED) is 0.863. The minimum absolute atomic E-state index is 0.101. The Kier molecular flexibility index (Phi) is 4.19. The van der Waals surface area contributed by atoms with Gasteiger partial charge in [-0.25, -0.2) is 4.39 Å². The van der Waals surface area contributed by atoms with Crippen molar-refractivity contribution in [3.05, 3.63) is 29.6 Å². The first kappa shape index (κ1) is 13.3. The molecule has 0 aliphatic carbocycles. The zero-order valence-electron chi connectivity index (χ0n) is 10.8. The molecule has 2 rings (SSSR count). The average molecular weight is 253 g/mol. The molecule has 0 saturated carbocycles. The molecule has 1 saturated heterocycles. The lowest BCUT2D eigenvalue weighted by Crippen LogP contribution is -2.28. The lowest BCUT2D eigenvalue weighted by molar-refractivity contribution is 0.186. The number of aliphatic hydroxyl groups is 1. The summed E-state index contributed by atoms with van der Waals surface area (Å²) in [6.07, 6.45) is 0.345. The fourth-order valence-corrected chi connectivity index (χ4v) is 2.11.